The van der Waals surface area contributed by atoms with E-state index in [1.807, 2.05) is 0 Å². The van der Waals surface area contributed by atoms with Crippen molar-refractivity contribution in [2.45, 2.75) is 11.1 Å². The number of benzene rings is 3. The third-order valence-electron chi connectivity index (χ3n) is 4.16. The molecule has 3 aromatic carbocycles. The van der Waals surface area contributed by atoms with Crippen molar-refractivity contribution in [1.82, 2.24) is 5.43 Å². The maximum Gasteiger partial charge on any atom is 0.417 e. The van der Waals surface area contributed by atoms with Crippen LogP contribution in [0.4, 0.5) is 18.9 Å². The lowest BCUT2D eigenvalue weighted by Crippen LogP contribution is -2.18. The van der Waals surface area contributed by atoms with Gasteiger partial charge in [0.25, 0.3) is 15.9 Å². The van der Waals surface area contributed by atoms with Gasteiger partial charge < -0.3 is 0 Å². The number of anilines is 1. The first-order valence-corrected chi connectivity index (χ1v) is 11.2. The first-order chi connectivity index (χ1) is 15.1. The number of rotatable bonds is 6. The molecule has 0 saturated carbocycles. The average Bonchev–Trinajstić information content (AvgIpc) is 2.74. The molecule has 0 unspecified atom stereocenters. The molecule has 0 atom stereocenters. The van der Waals surface area contributed by atoms with Crippen LogP contribution in [-0.4, -0.2) is 20.5 Å². The predicted molar refractivity (Wildman–Crippen MR) is 118 cm³/mol. The van der Waals surface area contributed by atoms with E-state index in [4.69, 9.17) is 0 Å². The van der Waals surface area contributed by atoms with Crippen LogP contribution in [0.15, 0.2) is 87.3 Å². The molecule has 2 N–H and O–H groups in total. The smallest absolute Gasteiger partial charge is 0.280 e. The molecular weight excluding hydrogens is 511 g/mol. The predicted octanol–water partition coefficient (Wildman–Crippen LogP) is 5.03. The maximum atomic E-state index is 13.0. The zero-order chi connectivity index (χ0) is 23.4. The molecule has 32 heavy (non-hydrogen) atoms. The van der Waals surface area contributed by atoms with E-state index in [1.54, 1.807) is 12.1 Å². The summed E-state index contributed by atoms with van der Waals surface area (Å²) in [7, 11) is -3.81. The Morgan fingerprint density at radius 2 is 1.56 bits per heavy atom. The van der Waals surface area contributed by atoms with E-state index in [9.17, 15) is 26.4 Å². The largest absolute Gasteiger partial charge is 0.417 e. The van der Waals surface area contributed by atoms with E-state index in [0.717, 1.165) is 16.8 Å². The molecule has 3 rings (SSSR count). The Kier molecular flexibility index (Phi) is 6.99. The fraction of sp³-hybridized carbons (Fsp3) is 0.0476. The van der Waals surface area contributed by atoms with Gasteiger partial charge in [0, 0.05) is 21.3 Å². The molecule has 1 amide bonds. The molecule has 0 saturated heterocycles. The Bertz CT molecular complexity index is 1240. The van der Waals surface area contributed by atoms with Crippen molar-refractivity contribution in [1.29, 1.82) is 0 Å². The van der Waals surface area contributed by atoms with Gasteiger partial charge in [0.15, 0.2) is 0 Å². The standard InChI is InChI=1S/C21H15BrF3N3O3S/c22-16-7-11-18(12-8-16)32(30,31)28-17-9-5-14(6-10-17)20(29)27-26-13-15-3-1-2-4-19(15)21(23,24)25/h1-13,28H,(H,27,29)/b26-13+. The Morgan fingerprint density at radius 1 is 0.938 bits per heavy atom. The molecule has 0 aliphatic carbocycles. The summed E-state index contributed by atoms with van der Waals surface area (Å²) in [5.74, 6) is -0.673. The van der Waals surface area contributed by atoms with E-state index >= 15 is 0 Å². The van der Waals surface area contributed by atoms with Gasteiger partial charge >= 0.3 is 6.18 Å². The fourth-order valence-corrected chi connectivity index (χ4v) is 3.93. The van der Waals surface area contributed by atoms with Gasteiger partial charge in [-0.3, -0.25) is 9.52 Å². The van der Waals surface area contributed by atoms with Crippen molar-refractivity contribution >= 4 is 43.8 Å². The number of amides is 1. The molecule has 0 heterocycles. The summed E-state index contributed by atoms with van der Waals surface area (Å²) in [5.41, 5.74) is 1.44. The van der Waals surface area contributed by atoms with Crippen molar-refractivity contribution in [2.75, 3.05) is 4.72 Å². The van der Waals surface area contributed by atoms with Crippen LogP contribution >= 0.6 is 15.9 Å². The Balaban J connectivity index is 1.66. The van der Waals surface area contributed by atoms with Gasteiger partial charge in [-0.05, 0) is 54.6 Å². The summed E-state index contributed by atoms with van der Waals surface area (Å²) in [6.45, 7) is 0. The zero-order valence-corrected chi connectivity index (χ0v) is 18.5. The third-order valence-corrected chi connectivity index (χ3v) is 6.09. The molecule has 6 nitrogen and oxygen atoms in total. The quantitative estimate of drug-likeness (QED) is 0.349. The minimum Gasteiger partial charge on any atom is -0.280 e. The lowest BCUT2D eigenvalue weighted by molar-refractivity contribution is -0.137. The first kappa shape index (κ1) is 23.5. The van der Waals surface area contributed by atoms with E-state index in [1.165, 1.54) is 54.6 Å². The Labute approximate surface area is 190 Å². The van der Waals surface area contributed by atoms with E-state index in [0.29, 0.717) is 0 Å². The number of nitrogens with one attached hydrogen (secondary N) is 2. The van der Waals surface area contributed by atoms with Crippen LogP contribution < -0.4 is 10.1 Å². The van der Waals surface area contributed by atoms with Crippen LogP contribution in [0, 0.1) is 0 Å². The summed E-state index contributed by atoms with van der Waals surface area (Å²) in [6.07, 6.45) is -3.65. The molecular formula is C21H15BrF3N3O3S. The fourth-order valence-electron chi connectivity index (χ4n) is 2.61. The van der Waals surface area contributed by atoms with Crippen LogP contribution in [0.25, 0.3) is 0 Å². The second-order valence-corrected chi connectivity index (χ2v) is 9.02. The Morgan fingerprint density at radius 3 is 2.19 bits per heavy atom. The topological polar surface area (TPSA) is 87.6 Å². The van der Waals surface area contributed by atoms with Crippen LogP contribution in [-0.2, 0) is 16.2 Å². The SMILES string of the molecule is O=C(N/N=C/c1ccccc1C(F)(F)F)c1ccc(NS(=O)(=O)c2ccc(Br)cc2)cc1. The van der Waals surface area contributed by atoms with Crippen molar-refractivity contribution in [3.05, 3.63) is 94.0 Å². The molecule has 11 heteroatoms. The zero-order valence-electron chi connectivity index (χ0n) is 16.1. The highest BCUT2D eigenvalue weighted by Gasteiger charge is 2.32. The van der Waals surface area contributed by atoms with Gasteiger partial charge in [0.05, 0.1) is 16.7 Å². The first-order valence-electron chi connectivity index (χ1n) is 8.94. The molecule has 0 fully saturated rings. The van der Waals surface area contributed by atoms with Crippen LogP contribution in [0.3, 0.4) is 0 Å². The van der Waals surface area contributed by atoms with Crippen molar-refractivity contribution in [3.63, 3.8) is 0 Å². The highest BCUT2D eigenvalue weighted by Crippen LogP contribution is 2.31. The summed E-state index contributed by atoms with van der Waals surface area (Å²) < 4.78 is 66.9. The number of halogens is 4. The molecule has 0 aliphatic rings. The molecule has 0 spiro atoms. The number of carbonyl (C=O) groups excluding carboxylic acids is 1. The van der Waals surface area contributed by atoms with E-state index in [-0.39, 0.29) is 21.7 Å². The highest BCUT2D eigenvalue weighted by atomic mass is 79.9. The number of nitrogens with zero attached hydrogens (tertiary/aromatic N) is 1. The van der Waals surface area contributed by atoms with Crippen molar-refractivity contribution in [3.8, 4) is 0 Å². The van der Waals surface area contributed by atoms with Crippen LogP contribution in [0.5, 0.6) is 0 Å². The molecule has 0 bridgehead atoms. The summed E-state index contributed by atoms with van der Waals surface area (Å²) in [6, 6.07) is 16.3. The normalized spacial score (nSPS) is 12.0. The highest BCUT2D eigenvalue weighted by molar-refractivity contribution is 9.10. The van der Waals surface area contributed by atoms with Gasteiger partial charge in [-0.2, -0.15) is 18.3 Å². The minimum atomic E-state index is -4.55. The van der Waals surface area contributed by atoms with Crippen LogP contribution in [0.2, 0.25) is 0 Å². The lowest BCUT2D eigenvalue weighted by Gasteiger charge is -2.09. The van der Waals surface area contributed by atoms with Gasteiger partial charge in [0.2, 0.25) is 0 Å². The number of hydrogen-bond donors (Lipinski definition) is 2. The van der Waals surface area contributed by atoms with Crippen molar-refractivity contribution in [2.24, 2.45) is 5.10 Å². The molecule has 0 aliphatic heterocycles. The molecule has 0 aromatic heterocycles. The molecule has 166 valence electrons. The number of alkyl halides is 3. The summed E-state index contributed by atoms with van der Waals surface area (Å²) in [5, 5.41) is 3.58. The third kappa shape index (κ3) is 5.95. The number of carbonyl (C=O) groups is 1. The summed E-state index contributed by atoms with van der Waals surface area (Å²) in [4.78, 5) is 12.2. The number of sulfonamides is 1. The lowest BCUT2D eigenvalue weighted by atomic mass is 10.1. The second kappa shape index (κ2) is 9.53. The Hall–Kier alpha value is -3.18. The van der Waals surface area contributed by atoms with Gasteiger partial charge in [-0.1, -0.05) is 34.1 Å². The number of hydrazone groups is 1. The molecule has 0 radical (unpaired) electrons. The van der Waals surface area contributed by atoms with Gasteiger partial charge in [-0.15, -0.1) is 0 Å². The van der Waals surface area contributed by atoms with Gasteiger partial charge in [-0.25, -0.2) is 13.8 Å². The average molecular weight is 526 g/mol. The van der Waals surface area contributed by atoms with E-state index in [2.05, 4.69) is 31.2 Å². The number of hydrogen-bond acceptors (Lipinski definition) is 4. The van der Waals surface area contributed by atoms with E-state index < -0.39 is 27.7 Å². The molecule has 3 aromatic rings. The van der Waals surface area contributed by atoms with Gasteiger partial charge in [0.1, 0.15) is 0 Å². The maximum absolute atomic E-state index is 13.0. The van der Waals surface area contributed by atoms with Crippen molar-refractivity contribution < 1.29 is 26.4 Å². The minimum absolute atomic E-state index is 0.0657. The monoisotopic (exact) mass is 525 g/mol. The van der Waals surface area contributed by atoms with Crippen LogP contribution in [0.1, 0.15) is 21.5 Å². The second-order valence-electron chi connectivity index (χ2n) is 6.42. The summed E-state index contributed by atoms with van der Waals surface area (Å²) >= 11 is 3.23.